The van der Waals surface area contributed by atoms with E-state index in [1.165, 1.54) is 52.0 Å². The van der Waals surface area contributed by atoms with Crippen LogP contribution in [-0.4, -0.2) is 29.4 Å². The largest absolute Gasteiger partial charge is 0.476 e. The van der Waals surface area contributed by atoms with Crippen LogP contribution in [-0.2, 0) is 14.3 Å². The maximum atomic E-state index is 13.0. The smallest absolute Gasteiger partial charge is 0.350 e. The summed E-state index contributed by atoms with van der Waals surface area (Å²) >= 11 is 0. The lowest BCUT2D eigenvalue weighted by Gasteiger charge is -2.26. The number of ketones is 1. The van der Waals surface area contributed by atoms with Crippen LogP contribution in [0.25, 0.3) is 0 Å². The lowest BCUT2D eigenvalue weighted by Crippen LogP contribution is -2.43. The van der Waals surface area contributed by atoms with Gasteiger partial charge in [-0.15, -0.1) is 0 Å². The maximum Gasteiger partial charge on any atom is 0.350 e. The number of esters is 1. The standard InChI is InChI=1S/C21H22FNO5/c1-13(24)17-7-5-6-8-18(17)23-19(25)14(2)27-20(26)21(3,4)28-16-11-9-15(22)10-12-16/h5-12,14H,1-4H3,(H,23,25)/t14-/m0/s1. The number of benzene rings is 2. The minimum atomic E-state index is -1.40. The summed E-state index contributed by atoms with van der Waals surface area (Å²) in [4.78, 5) is 36.4. The number of carbonyl (C=O) groups excluding carboxylic acids is 3. The predicted molar refractivity (Wildman–Crippen MR) is 102 cm³/mol. The number of rotatable bonds is 7. The first-order valence-corrected chi connectivity index (χ1v) is 8.66. The van der Waals surface area contributed by atoms with E-state index in [4.69, 9.17) is 9.47 Å². The van der Waals surface area contributed by atoms with Gasteiger partial charge in [0, 0.05) is 5.56 Å². The molecule has 0 aliphatic rings. The zero-order chi connectivity index (χ0) is 20.9. The van der Waals surface area contributed by atoms with E-state index in [2.05, 4.69) is 5.32 Å². The van der Waals surface area contributed by atoms with Crippen molar-refractivity contribution in [3.8, 4) is 5.75 Å². The van der Waals surface area contributed by atoms with Crippen molar-refractivity contribution in [2.45, 2.75) is 39.4 Å². The number of amides is 1. The Bertz CT molecular complexity index is 877. The molecule has 6 nitrogen and oxygen atoms in total. The molecule has 2 aromatic rings. The molecule has 0 aromatic heterocycles. The summed E-state index contributed by atoms with van der Waals surface area (Å²) in [6.07, 6.45) is -1.12. The molecule has 0 bridgehead atoms. The van der Waals surface area contributed by atoms with Gasteiger partial charge in [0.1, 0.15) is 11.6 Å². The van der Waals surface area contributed by atoms with Crippen LogP contribution < -0.4 is 10.1 Å². The Morgan fingerprint density at radius 2 is 1.64 bits per heavy atom. The fourth-order valence-electron chi connectivity index (χ4n) is 2.33. The number of hydrogen-bond acceptors (Lipinski definition) is 5. The second kappa shape index (κ2) is 8.65. The topological polar surface area (TPSA) is 81.7 Å². The third-order valence-electron chi connectivity index (χ3n) is 3.90. The number of Topliss-reactive ketones (excluding diaryl/α,β-unsaturated/α-hetero) is 1. The van der Waals surface area contributed by atoms with Crippen molar-refractivity contribution in [2.24, 2.45) is 0 Å². The monoisotopic (exact) mass is 387 g/mol. The van der Waals surface area contributed by atoms with E-state index in [-0.39, 0.29) is 11.5 Å². The van der Waals surface area contributed by atoms with Crippen molar-refractivity contribution in [3.63, 3.8) is 0 Å². The SMILES string of the molecule is CC(=O)c1ccccc1NC(=O)[C@H](C)OC(=O)C(C)(C)Oc1ccc(F)cc1. The van der Waals surface area contributed by atoms with E-state index in [1.807, 2.05) is 0 Å². The molecular formula is C21H22FNO5. The van der Waals surface area contributed by atoms with Gasteiger partial charge in [0.05, 0.1) is 5.69 Å². The average Bonchev–Trinajstić information content (AvgIpc) is 2.63. The molecule has 1 N–H and O–H groups in total. The quantitative estimate of drug-likeness (QED) is 0.578. The molecular weight excluding hydrogens is 365 g/mol. The van der Waals surface area contributed by atoms with Crippen molar-refractivity contribution in [1.82, 2.24) is 0 Å². The number of halogens is 1. The fraction of sp³-hybridized carbons (Fsp3) is 0.286. The van der Waals surface area contributed by atoms with E-state index in [1.54, 1.807) is 24.3 Å². The lowest BCUT2D eigenvalue weighted by molar-refractivity contribution is -0.166. The molecule has 2 aromatic carbocycles. The van der Waals surface area contributed by atoms with E-state index in [9.17, 15) is 18.8 Å². The molecule has 0 unspecified atom stereocenters. The van der Waals surface area contributed by atoms with Gasteiger partial charge < -0.3 is 14.8 Å². The van der Waals surface area contributed by atoms with Crippen molar-refractivity contribution in [2.75, 3.05) is 5.32 Å². The van der Waals surface area contributed by atoms with Gasteiger partial charge in [-0.3, -0.25) is 9.59 Å². The Morgan fingerprint density at radius 1 is 1.04 bits per heavy atom. The van der Waals surface area contributed by atoms with E-state index in [0.717, 1.165) is 0 Å². The summed E-state index contributed by atoms with van der Waals surface area (Å²) in [7, 11) is 0. The molecule has 0 fully saturated rings. The number of para-hydroxylation sites is 1. The molecule has 1 atom stereocenters. The Labute approximate surface area is 162 Å². The maximum absolute atomic E-state index is 13.0. The Morgan fingerprint density at radius 3 is 2.25 bits per heavy atom. The Kier molecular flexibility index (Phi) is 6.51. The van der Waals surface area contributed by atoms with Gasteiger partial charge in [-0.2, -0.15) is 0 Å². The molecule has 7 heteroatoms. The zero-order valence-electron chi connectivity index (χ0n) is 16.1. The molecule has 28 heavy (non-hydrogen) atoms. The summed E-state index contributed by atoms with van der Waals surface area (Å²) in [5.74, 6) is -1.69. The van der Waals surface area contributed by atoms with E-state index < -0.39 is 29.4 Å². The van der Waals surface area contributed by atoms with Crippen LogP contribution in [0.5, 0.6) is 5.75 Å². The second-order valence-corrected chi connectivity index (χ2v) is 6.70. The third kappa shape index (κ3) is 5.39. The molecule has 2 rings (SSSR count). The van der Waals surface area contributed by atoms with Crippen molar-refractivity contribution >= 4 is 23.3 Å². The molecule has 1 amide bonds. The first-order chi connectivity index (χ1) is 13.1. The van der Waals surface area contributed by atoms with Gasteiger partial charge in [0.2, 0.25) is 0 Å². The van der Waals surface area contributed by atoms with E-state index in [0.29, 0.717) is 11.3 Å². The first-order valence-electron chi connectivity index (χ1n) is 8.66. The number of carbonyl (C=O) groups is 3. The van der Waals surface area contributed by atoms with Crippen LogP contribution >= 0.6 is 0 Å². The Balaban J connectivity index is 2.01. The van der Waals surface area contributed by atoms with Crippen LogP contribution in [0.3, 0.4) is 0 Å². The minimum absolute atomic E-state index is 0.200. The number of hydrogen-bond donors (Lipinski definition) is 1. The second-order valence-electron chi connectivity index (χ2n) is 6.70. The average molecular weight is 387 g/mol. The van der Waals surface area contributed by atoms with Gasteiger partial charge in [0.25, 0.3) is 5.91 Å². The minimum Gasteiger partial charge on any atom is -0.476 e. The molecule has 0 spiro atoms. The number of ether oxygens (including phenoxy) is 2. The highest BCUT2D eigenvalue weighted by Crippen LogP contribution is 2.21. The fourth-order valence-corrected chi connectivity index (χ4v) is 2.33. The van der Waals surface area contributed by atoms with Crippen molar-refractivity contribution in [1.29, 1.82) is 0 Å². The zero-order valence-corrected chi connectivity index (χ0v) is 16.1. The first kappa shape index (κ1) is 21.1. The molecule has 0 saturated heterocycles. The van der Waals surface area contributed by atoms with Crippen LogP contribution in [0, 0.1) is 5.82 Å². The Hall–Kier alpha value is -3.22. The molecule has 0 saturated carbocycles. The molecule has 148 valence electrons. The molecule has 0 aliphatic heterocycles. The van der Waals surface area contributed by atoms with Gasteiger partial charge >= 0.3 is 5.97 Å². The molecule has 0 aliphatic carbocycles. The molecule has 0 heterocycles. The van der Waals surface area contributed by atoms with Gasteiger partial charge in [-0.1, -0.05) is 12.1 Å². The van der Waals surface area contributed by atoms with Crippen molar-refractivity contribution < 1.29 is 28.2 Å². The van der Waals surface area contributed by atoms with Gasteiger partial charge in [0.15, 0.2) is 17.5 Å². The summed E-state index contributed by atoms with van der Waals surface area (Å²) in [6.45, 7) is 5.77. The van der Waals surface area contributed by atoms with Crippen LogP contribution in [0.2, 0.25) is 0 Å². The summed E-state index contributed by atoms with van der Waals surface area (Å²) in [5.41, 5.74) is -0.706. The third-order valence-corrected chi connectivity index (χ3v) is 3.90. The number of nitrogens with one attached hydrogen (secondary N) is 1. The van der Waals surface area contributed by atoms with Crippen molar-refractivity contribution in [3.05, 3.63) is 59.9 Å². The normalized spacial score (nSPS) is 12.0. The highest BCUT2D eigenvalue weighted by Gasteiger charge is 2.34. The summed E-state index contributed by atoms with van der Waals surface area (Å²) < 4.78 is 23.7. The van der Waals surface area contributed by atoms with Crippen LogP contribution in [0.15, 0.2) is 48.5 Å². The van der Waals surface area contributed by atoms with Crippen LogP contribution in [0.4, 0.5) is 10.1 Å². The highest BCUT2D eigenvalue weighted by atomic mass is 19.1. The highest BCUT2D eigenvalue weighted by molar-refractivity contribution is 6.04. The van der Waals surface area contributed by atoms with Crippen LogP contribution in [0.1, 0.15) is 38.1 Å². The number of anilines is 1. The van der Waals surface area contributed by atoms with E-state index >= 15 is 0 Å². The summed E-state index contributed by atoms with van der Waals surface area (Å²) in [6, 6.07) is 11.7. The molecule has 0 radical (unpaired) electrons. The summed E-state index contributed by atoms with van der Waals surface area (Å²) in [5, 5.41) is 2.58. The van der Waals surface area contributed by atoms with Gasteiger partial charge in [-0.25, -0.2) is 9.18 Å². The van der Waals surface area contributed by atoms with Gasteiger partial charge in [-0.05, 0) is 64.1 Å². The predicted octanol–water partition coefficient (Wildman–Crippen LogP) is 3.76. The lowest BCUT2D eigenvalue weighted by atomic mass is 10.1.